The molecule has 0 amide bonds. The number of aryl methyl sites for hydroxylation is 1. The second-order valence-electron chi connectivity index (χ2n) is 7.10. The van der Waals surface area contributed by atoms with Crippen LogP contribution in [-0.4, -0.2) is 0 Å². The maximum atomic E-state index is 4.01. The summed E-state index contributed by atoms with van der Waals surface area (Å²) in [7, 11) is -1.91. The molecule has 1 N–H and O–H groups in total. The van der Waals surface area contributed by atoms with E-state index in [1.807, 2.05) is 0 Å². The number of rotatable bonds is 6. The Labute approximate surface area is 168 Å². The summed E-state index contributed by atoms with van der Waals surface area (Å²) < 4.78 is 0. The van der Waals surface area contributed by atoms with E-state index in [-0.39, 0.29) is 0 Å². The van der Waals surface area contributed by atoms with E-state index in [0.29, 0.717) is 0 Å². The van der Waals surface area contributed by atoms with E-state index in [4.69, 9.17) is 0 Å². The highest BCUT2D eigenvalue weighted by Crippen LogP contribution is 2.58. The van der Waals surface area contributed by atoms with Gasteiger partial charge in [0, 0.05) is 0 Å². The molecule has 1 nitrogen and oxygen atoms in total. The van der Waals surface area contributed by atoms with Crippen LogP contribution in [0.5, 0.6) is 0 Å². The molecule has 0 spiro atoms. The average molecular weight is 382 g/mol. The van der Waals surface area contributed by atoms with E-state index in [9.17, 15) is 0 Å². The Balaban J connectivity index is 1.89. The van der Waals surface area contributed by atoms with Gasteiger partial charge in [-0.3, -0.25) is 5.09 Å². The summed E-state index contributed by atoms with van der Waals surface area (Å²) >= 11 is 0. The van der Waals surface area contributed by atoms with Gasteiger partial charge in [-0.1, -0.05) is 84.4 Å². The molecule has 0 aromatic heterocycles. The van der Waals surface area contributed by atoms with Crippen LogP contribution in [0.3, 0.4) is 0 Å². The second-order valence-corrected chi connectivity index (χ2v) is 10.3. The lowest BCUT2D eigenvalue weighted by Gasteiger charge is -2.29. The van der Waals surface area contributed by atoms with Crippen molar-refractivity contribution in [1.82, 2.24) is 0 Å². The zero-order chi connectivity index (χ0) is 19.2. The van der Waals surface area contributed by atoms with Crippen molar-refractivity contribution in [2.24, 2.45) is 0 Å². The van der Waals surface area contributed by atoms with E-state index in [1.54, 1.807) is 0 Å². The fourth-order valence-corrected chi connectivity index (χ4v) is 7.28. The van der Waals surface area contributed by atoms with Crippen molar-refractivity contribution in [2.45, 2.75) is 13.1 Å². The van der Waals surface area contributed by atoms with Gasteiger partial charge in [0.25, 0.3) is 0 Å². The quantitative estimate of drug-likeness (QED) is 0.392. The molecule has 0 aliphatic heterocycles. The van der Waals surface area contributed by atoms with E-state index in [1.165, 1.54) is 27.4 Å². The fourth-order valence-electron chi connectivity index (χ4n) is 3.57. The van der Waals surface area contributed by atoms with Crippen LogP contribution in [0, 0.1) is 6.92 Å². The molecule has 0 fully saturated rings. The molecule has 0 aliphatic carbocycles. The summed E-state index contributed by atoms with van der Waals surface area (Å²) in [5.74, 6) is 0. The summed E-state index contributed by atoms with van der Waals surface area (Å²) in [4.78, 5) is 0. The summed E-state index contributed by atoms with van der Waals surface area (Å²) in [6, 6.07) is 41.4. The van der Waals surface area contributed by atoms with Gasteiger partial charge in [-0.25, -0.2) is 0 Å². The third kappa shape index (κ3) is 4.01. The van der Waals surface area contributed by atoms with Crippen LogP contribution in [-0.2, 0) is 6.16 Å². The number of benzene rings is 4. The van der Waals surface area contributed by atoms with Crippen molar-refractivity contribution in [3.05, 3.63) is 126 Å². The molecule has 2 heteroatoms. The number of hydrogen-bond acceptors (Lipinski definition) is 1. The molecule has 0 heterocycles. The van der Waals surface area contributed by atoms with Crippen molar-refractivity contribution in [3.8, 4) is 0 Å². The van der Waals surface area contributed by atoms with Gasteiger partial charge >= 0.3 is 0 Å². The van der Waals surface area contributed by atoms with Gasteiger partial charge in [0.15, 0.2) is 7.41 Å². The molecule has 0 bridgehead atoms. The highest BCUT2D eigenvalue weighted by molar-refractivity contribution is 7.90. The van der Waals surface area contributed by atoms with Crippen molar-refractivity contribution in [1.29, 1.82) is 0 Å². The van der Waals surface area contributed by atoms with Crippen molar-refractivity contribution >= 4 is 23.7 Å². The van der Waals surface area contributed by atoms with Crippen LogP contribution in [0.15, 0.2) is 115 Å². The predicted octanol–water partition coefficient (Wildman–Crippen LogP) is 6.19. The fraction of sp³-hybridized carbons (Fsp3) is 0.0769. The van der Waals surface area contributed by atoms with Gasteiger partial charge in [-0.05, 0) is 48.9 Å². The van der Waals surface area contributed by atoms with E-state index < -0.39 is 7.41 Å². The van der Waals surface area contributed by atoms with Gasteiger partial charge in [-0.2, -0.15) is 0 Å². The van der Waals surface area contributed by atoms with Crippen LogP contribution in [0.1, 0.15) is 11.1 Å². The molecule has 0 saturated carbocycles. The minimum atomic E-state index is -1.91. The summed E-state index contributed by atoms with van der Waals surface area (Å²) in [6.07, 6.45) is 0.968. The Bertz CT molecular complexity index is 957. The number of nitrogens with one attached hydrogen (secondary N) is 1. The third-order valence-corrected chi connectivity index (χ3v) is 8.87. The van der Waals surface area contributed by atoms with E-state index in [2.05, 4.69) is 127 Å². The predicted molar refractivity (Wildman–Crippen MR) is 124 cm³/mol. The molecule has 4 rings (SSSR count). The molecule has 0 saturated heterocycles. The minimum absolute atomic E-state index is 0.968. The monoisotopic (exact) mass is 382 g/mol. The zero-order valence-corrected chi connectivity index (χ0v) is 17.0. The molecular weight excluding hydrogens is 357 g/mol. The van der Waals surface area contributed by atoms with Gasteiger partial charge in [0.2, 0.25) is 0 Å². The van der Waals surface area contributed by atoms with Crippen LogP contribution in [0.2, 0.25) is 0 Å². The Hall–Kier alpha value is -2.89. The first-order valence-corrected chi connectivity index (χ1v) is 11.6. The molecule has 0 aliphatic rings. The Morgan fingerprint density at radius 2 is 1.04 bits per heavy atom. The first-order chi connectivity index (χ1) is 13.8. The Morgan fingerprint density at radius 3 is 1.54 bits per heavy atom. The molecular formula is C26H25NP+. The lowest BCUT2D eigenvalue weighted by molar-refractivity contribution is 1.38. The van der Waals surface area contributed by atoms with E-state index >= 15 is 0 Å². The maximum absolute atomic E-state index is 4.01. The van der Waals surface area contributed by atoms with Gasteiger partial charge in [0.1, 0.15) is 16.8 Å². The number of hydrogen-bond donors (Lipinski definition) is 1. The lowest BCUT2D eigenvalue weighted by Crippen LogP contribution is -2.29. The lowest BCUT2D eigenvalue weighted by atomic mass is 10.2. The zero-order valence-electron chi connectivity index (χ0n) is 16.1. The largest absolute Gasteiger partial charge is 0.251 e. The molecule has 0 atom stereocenters. The molecule has 28 heavy (non-hydrogen) atoms. The first-order valence-electron chi connectivity index (χ1n) is 9.64. The standard InChI is InChI=1S/C26H25NP/c1-22-17-19-24(20-18-22)27-28(25-13-7-3-8-14-25,26-15-9-4-10-16-26)21-23-11-5-2-6-12-23/h2-20,27H,21H2,1H3/q+1. The highest BCUT2D eigenvalue weighted by atomic mass is 31.2. The molecule has 0 radical (unpaired) electrons. The van der Waals surface area contributed by atoms with Crippen LogP contribution in [0.4, 0.5) is 5.69 Å². The van der Waals surface area contributed by atoms with Crippen molar-refractivity contribution in [3.63, 3.8) is 0 Å². The topological polar surface area (TPSA) is 12.0 Å². The maximum Gasteiger partial charge on any atom is 0.171 e. The average Bonchev–Trinajstić information content (AvgIpc) is 2.77. The summed E-state index contributed by atoms with van der Waals surface area (Å²) in [5.41, 5.74) is 3.79. The van der Waals surface area contributed by atoms with Crippen LogP contribution in [0.25, 0.3) is 0 Å². The molecule has 0 unspecified atom stereocenters. The minimum Gasteiger partial charge on any atom is -0.251 e. The van der Waals surface area contributed by atoms with Crippen LogP contribution >= 0.6 is 7.41 Å². The highest BCUT2D eigenvalue weighted by Gasteiger charge is 2.43. The van der Waals surface area contributed by atoms with Crippen molar-refractivity contribution < 1.29 is 0 Å². The Morgan fingerprint density at radius 1 is 0.571 bits per heavy atom. The molecule has 4 aromatic carbocycles. The summed E-state index contributed by atoms with van der Waals surface area (Å²) in [6.45, 7) is 2.13. The summed E-state index contributed by atoms with van der Waals surface area (Å²) in [5, 5.41) is 6.74. The van der Waals surface area contributed by atoms with Gasteiger partial charge < -0.3 is 0 Å². The molecule has 138 valence electrons. The third-order valence-electron chi connectivity index (χ3n) is 5.03. The first kappa shape index (κ1) is 18.5. The second kappa shape index (κ2) is 8.42. The van der Waals surface area contributed by atoms with Gasteiger partial charge in [-0.15, -0.1) is 0 Å². The van der Waals surface area contributed by atoms with Crippen LogP contribution < -0.4 is 15.7 Å². The normalized spacial score (nSPS) is 11.2. The SMILES string of the molecule is Cc1ccc(N[P+](Cc2ccccc2)(c2ccccc2)c2ccccc2)cc1. The smallest absolute Gasteiger partial charge is 0.171 e. The Kier molecular flexibility index (Phi) is 5.55. The van der Waals surface area contributed by atoms with Gasteiger partial charge in [0.05, 0.1) is 5.69 Å². The molecule has 4 aromatic rings. The van der Waals surface area contributed by atoms with Crippen molar-refractivity contribution in [2.75, 3.05) is 5.09 Å². The number of anilines is 1. The van der Waals surface area contributed by atoms with E-state index in [0.717, 1.165) is 6.16 Å².